The summed E-state index contributed by atoms with van der Waals surface area (Å²) in [5.74, 6) is 0.725. The van der Waals surface area contributed by atoms with Crippen molar-refractivity contribution in [2.75, 3.05) is 11.5 Å². The molecule has 0 spiro atoms. The number of hydrogen-bond acceptors (Lipinski definition) is 2. The van der Waals surface area contributed by atoms with E-state index < -0.39 is 0 Å². The van der Waals surface area contributed by atoms with E-state index in [1.807, 2.05) is 55.5 Å². The van der Waals surface area contributed by atoms with Gasteiger partial charge in [0, 0.05) is 4.47 Å². The van der Waals surface area contributed by atoms with Gasteiger partial charge in [-0.15, -0.1) is 0 Å². The van der Waals surface area contributed by atoms with E-state index >= 15 is 0 Å². The van der Waals surface area contributed by atoms with Gasteiger partial charge in [0.1, 0.15) is 5.75 Å². The van der Waals surface area contributed by atoms with Gasteiger partial charge >= 0.3 is 0 Å². The predicted octanol–water partition coefficient (Wildman–Crippen LogP) is 3.94. The fourth-order valence-corrected chi connectivity index (χ4v) is 2.80. The maximum atomic E-state index is 12.3. The van der Waals surface area contributed by atoms with Crippen LogP contribution in [0.2, 0.25) is 0 Å². The first-order valence-corrected chi connectivity index (χ1v) is 7.25. The SMILES string of the molecule is CC(c1ccccc1)N1C(=O)COc2ccc(Br)cc21. The molecule has 0 N–H and O–H groups in total. The summed E-state index contributed by atoms with van der Waals surface area (Å²) < 4.78 is 6.43. The average Bonchev–Trinajstić information content (AvgIpc) is 2.47. The molecule has 4 heteroatoms. The van der Waals surface area contributed by atoms with Gasteiger partial charge in [0.15, 0.2) is 6.61 Å². The summed E-state index contributed by atoms with van der Waals surface area (Å²) >= 11 is 3.45. The van der Waals surface area contributed by atoms with Crippen molar-refractivity contribution in [3.63, 3.8) is 0 Å². The molecule has 2 aromatic rings. The number of amides is 1. The number of carbonyl (C=O) groups excluding carboxylic acids is 1. The lowest BCUT2D eigenvalue weighted by Crippen LogP contribution is -2.40. The summed E-state index contributed by atoms with van der Waals surface area (Å²) in [6, 6.07) is 15.7. The van der Waals surface area contributed by atoms with Gasteiger partial charge in [-0.2, -0.15) is 0 Å². The number of ether oxygens (including phenoxy) is 1. The van der Waals surface area contributed by atoms with Gasteiger partial charge in [0.2, 0.25) is 0 Å². The van der Waals surface area contributed by atoms with E-state index in [1.54, 1.807) is 4.90 Å². The second-order valence-corrected chi connectivity index (χ2v) is 5.67. The summed E-state index contributed by atoms with van der Waals surface area (Å²) in [4.78, 5) is 14.1. The third-order valence-corrected chi connectivity index (χ3v) is 3.96. The van der Waals surface area contributed by atoms with Crippen LogP contribution in [0.5, 0.6) is 5.75 Å². The molecule has 0 saturated carbocycles. The highest BCUT2D eigenvalue weighted by atomic mass is 79.9. The van der Waals surface area contributed by atoms with Crippen molar-refractivity contribution >= 4 is 27.5 Å². The topological polar surface area (TPSA) is 29.5 Å². The minimum Gasteiger partial charge on any atom is -0.482 e. The van der Waals surface area contributed by atoms with E-state index in [1.165, 1.54) is 0 Å². The van der Waals surface area contributed by atoms with Crippen LogP contribution in [0.4, 0.5) is 5.69 Å². The number of nitrogens with zero attached hydrogens (tertiary/aromatic N) is 1. The molecule has 1 aliphatic heterocycles. The Morgan fingerprint density at radius 2 is 1.95 bits per heavy atom. The van der Waals surface area contributed by atoms with E-state index in [0.717, 1.165) is 21.5 Å². The molecule has 1 atom stereocenters. The summed E-state index contributed by atoms with van der Waals surface area (Å²) in [6.07, 6.45) is 0. The highest BCUT2D eigenvalue weighted by molar-refractivity contribution is 9.10. The Labute approximate surface area is 126 Å². The lowest BCUT2D eigenvalue weighted by Gasteiger charge is -2.34. The Balaban J connectivity index is 2.05. The van der Waals surface area contributed by atoms with Gasteiger partial charge in [-0.1, -0.05) is 46.3 Å². The van der Waals surface area contributed by atoms with Crippen molar-refractivity contribution in [1.82, 2.24) is 0 Å². The molecule has 0 bridgehead atoms. The molecular weight excluding hydrogens is 318 g/mol. The van der Waals surface area contributed by atoms with Crippen LogP contribution in [0.1, 0.15) is 18.5 Å². The highest BCUT2D eigenvalue weighted by Crippen LogP contribution is 2.39. The van der Waals surface area contributed by atoms with E-state index in [4.69, 9.17) is 4.74 Å². The normalized spacial score (nSPS) is 15.5. The molecule has 1 amide bonds. The Kier molecular flexibility index (Phi) is 3.49. The largest absolute Gasteiger partial charge is 0.482 e. The molecule has 2 aromatic carbocycles. The summed E-state index contributed by atoms with van der Waals surface area (Å²) in [7, 11) is 0. The van der Waals surface area contributed by atoms with Crippen molar-refractivity contribution in [2.24, 2.45) is 0 Å². The molecule has 20 heavy (non-hydrogen) atoms. The molecule has 102 valence electrons. The number of halogens is 1. The number of carbonyl (C=O) groups is 1. The van der Waals surface area contributed by atoms with E-state index in [-0.39, 0.29) is 18.6 Å². The fourth-order valence-electron chi connectivity index (χ4n) is 2.45. The van der Waals surface area contributed by atoms with Crippen LogP contribution in [-0.4, -0.2) is 12.5 Å². The Bertz CT molecular complexity index is 642. The van der Waals surface area contributed by atoms with Crippen LogP contribution in [0.15, 0.2) is 53.0 Å². The van der Waals surface area contributed by atoms with Crippen LogP contribution in [0.25, 0.3) is 0 Å². The zero-order valence-electron chi connectivity index (χ0n) is 11.0. The van der Waals surface area contributed by atoms with Crippen molar-refractivity contribution in [3.8, 4) is 5.75 Å². The van der Waals surface area contributed by atoms with E-state index in [0.29, 0.717) is 0 Å². The van der Waals surface area contributed by atoms with Crippen LogP contribution >= 0.6 is 15.9 Å². The molecule has 3 nitrogen and oxygen atoms in total. The summed E-state index contributed by atoms with van der Waals surface area (Å²) in [5.41, 5.74) is 1.92. The molecule has 1 heterocycles. The van der Waals surface area contributed by atoms with Crippen LogP contribution in [0.3, 0.4) is 0 Å². The monoisotopic (exact) mass is 331 g/mol. The van der Waals surface area contributed by atoms with Crippen molar-refractivity contribution in [1.29, 1.82) is 0 Å². The van der Waals surface area contributed by atoms with Gasteiger partial charge < -0.3 is 4.74 Å². The Morgan fingerprint density at radius 1 is 1.20 bits per heavy atom. The van der Waals surface area contributed by atoms with Gasteiger partial charge in [-0.3, -0.25) is 9.69 Å². The van der Waals surface area contributed by atoms with Gasteiger partial charge in [0.25, 0.3) is 5.91 Å². The van der Waals surface area contributed by atoms with E-state index in [9.17, 15) is 4.79 Å². The Morgan fingerprint density at radius 3 is 2.70 bits per heavy atom. The fraction of sp³-hybridized carbons (Fsp3) is 0.188. The molecule has 3 rings (SSSR count). The lowest BCUT2D eigenvalue weighted by atomic mass is 10.1. The van der Waals surface area contributed by atoms with Crippen molar-refractivity contribution in [3.05, 3.63) is 58.6 Å². The first kappa shape index (κ1) is 13.2. The molecule has 1 aliphatic rings. The number of benzene rings is 2. The number of fused-ring (bicyclic) bond motifs is 1. The quantitative estimate of drug-likeness (QED) is 0.834. The third-order valence-electron chi connectivity index (χ3n) is 3.47. The molecule has 0 radical (unpaired) electrons. The third kappa shape index (κ3) is 2.31. The Hall–Kier alpha value is -1.81. The van der Waals surface area contributed by atoms with Gasteiger partial charge in [0.05, 0.1) is 11.7 Å². The molecule has 0 aliphatic carbocycles. The summed E-state index contributed by atoms with van der Waals surface area (Å²) in [6.45, 7) is 2.12. The smallest absolute Gasteiger partial charge is 0.265 e. The van der Waals surface area contributed by atoms with Gasteiger partial charge in [-0.05, 0) is 30.7 Å². The van der Waals surface area contributed by atoms with Crippen LogP contribution in [-0.2, 0) is 4.79 Å². The van der Waals surface area contributed by atoms with Crippen LogP contribution in [0, 0.1) is 0 Å². The average molecular weight is 332 g/mol. The second kappa shape index (κ2) is 5.29. The zero-order chi connectivity index (χ0) is 14.1. The number of hydrogen-bond donors (Lipinski definition) is 0. The minimum absolute atomic E-state index is 0.0213. The summed E-state index contributed by atoms with van der Waals surface area (Å²) in [5, 5.41) is 0. The highest BCUT2D eigenvalue weighted by Gasteiger charge is 2.30. The molecule has 0 fully saturated rings. The van der Waals surface area contributed by atoms with E-state index in [2.05, 4.69) is 15.9 Å². The van der Waals surface area contributed by atoms with Crippen molar-refractivity contribution < 1.29 is 9.53 Å². The first-order chi connectivity index (χ1) is 9.66. The second-order valence-electron chi connectivity index (χ2n) is 4.75. The zero-order valence-corrected chi connectivity index (χ0v) is 12.6. The molecular formula is C16H14BrNO2. The van der Waals surface area contributed by atoms with Crippen LogP contribution < -0.4 is 9.64 Å². The standard InChI is InChI=1S/C16H14BrNO2/c1-11(12-5-3-2-4-6-12)18-14-9-13(17)7-8-15(14)20-10-16(18)19/h2-9,11H,10H2,1H3. The number of anilines is 1. The maximum absolute atomic E-state index is 12.3. The van der Waals surface area contributed by atoms with Crippen molar-refractivity contribution in [2.45, 2.75) is 13.0 Å². The molecule has 1 unspecified atom stereocenters. The first-order valence-electron chi connectivity index (χ1n) is 6.46. The maximum Gasteiger partial charge on any atom is 0.265 e. The lowest BCUT2D eigenvalue weighted by molar-refractivity contribution is -0.121. The van der Waals surface area contributed by atoms with Gasteiger partial charge in [-0.25, -0.2) is 0 Å². The predicted molar refractivity (Wildman–Crippen MR) is 82.0 cm³/mol. The minimum atomic E-state index is -0.0272. The molecule has 0 saturated heterocycles. The number of rotatable bonds is 2. The molecule has 0 aromatic heterocycles.